The molecule has 1 N–H and O–H groups in total. The SMILES string of the molecule is CCn1nc(C)c(-c2cc(C(=O)O)n3ncc(-c4ccccc4)c3n2)c1C. The van der Waals surface area contributed by atoms with Crippen molar-refractivity contribution in [1.29, 1.82) is 0 Å². The topological polar surface area (TPSA) is 85.3 Å². The number of nitrogens with zero attached hydrogens (tertiary/aromatic N) is 5. The second-order valence-corrected chi connectivity index (χ2v) is 6.35. The monoisotopic (exact) mass is 361 g/mol. The van der Waals surface area contributed by atoms with Gasteiger partial charge in [0.25, 0.3) is 0 Å². The van der Waals surface area contributed by atoms with Crippen molar-refractivity contribution in [3.8, 4) is 22.4 Å². The zero-order valence-corrected chi connectivity index (χ0v) is 15.3. The fraction of sp³-hybridized carbons (Fsp3) is 0.200. The van der Waals surface area contributed by atoms with Crippen molar-refractivity contribution in [2.45, 2.75) is 27.3 Å². The Labute approximate surface area is 155 Å². The first kappa shape index (κ1) is 17.0. The fourth-order valence-electron chi connectivity index (χ4n) is 3.44. The van der Waals surface area contributed by atoms with Crippen LogP contribution in [0.5, 0.6) is 0 Å². The number of hydrogen-bond donors (Lipinski definition) is 1. The molecule has 4 aromatic rings. The van der Waals surface area contributed by atoms with Crippen LogP contribution in [0.2, 0.25) is 0 Å². The van der Waals surface area contributed by atoms with E-state index in [1.54, 1.807) is 12.3 Å². The molecule has 0 aliphatic carbocycles. The molecule has 0 spiro atoms. The molecule has 0 atom stereocenters. The van der Waals surface area contributed by atoms with Crippen molar-refractivity contribution in [2.24, 2.45) is 0 Å². The predicted octanol–water partition coefficient (Wildman–Crippen LogP) is 3.59. The molecule has 0 unspecified atom stereocenters. The molecular weight excluding hydrogens is 342 g/mol. The molecule has 7 heteroatoms. The van der Waals surface area contributed by atoms with E-state index in [1.807, 2.05) is 55.8 Å². The molecule has 136 valence electrons. The summed E-state index contributed by atoms with van der Waals surface area (Å²) in [5.41, 5.74) is 5.55. The number of carbonyl (C=O) groups is 1. The number of aromatic carboxylic acids is 1. The maximum absolute atomic E-state index is 11.9. The first-order chi connectivity index (χ1) is 13.0. The van der Waals surface area contributed by atoms with Crippen LogP contribution in [0.15, 0.2) is 42.6 Å². The molecule has 0 fully saturated rings. The van der Waals surface area contributed by atoms with E-state index in [-0.39, 0.29) is 5.69 Å². The Kier molecular flexibility index (Phi) is 3.99. The van der Waals surface area contributed by atoms with Gasteiger partial charge in [-0.05, 0) is 32.4 Å². The van der Waals surface area contributed by atoms with Crippen molar-refractivity contribution in [1.82, 2.24) is 24.4 Å². The minimum Gasteiger partial charge on any atom is -0.477 e. The van der Waals surface area contributed by atoms with Gasteiger partial charge in [0.2, 0.25) is 0 Å². The van der Waals surface area contributed by atoms with Crippen molar-refractivity contribution in [3.63, 3.8) is 0 Å². The minimum absolute atomic E-state index is 0.0697. The molecule has 0 aliphatic rings. The normalized spacial score (nSPS) is 11.2. The standard InChI is InChI=1S/C20H19N5O2/c1-4-24-13(3)18(12(2)23-24)16-10-17(20(26)27)25-19(22-16)15(11-21-25)14-8-6-5-7-9-14/h5-11H,4H2,1-3H3,(H,26,27). The van der Waals surface area contributed by atoms with Crippen LogP contribution in [0, 0.1) is 13.8 Å². The van der Waals surface area contributed by atoms with Gasteiger partial charge in [0, 0.05) is 23.4 Å². The molecule has 3 heterocycles. The fourth-order valence-corrected chi connectivity index (χ4v) is 3.44. The van der Waals surface area contributed by atoms with Crippen LogP contribution in [0.4, 0.5) is 0 Å². The van der Waals surface area contributed by atoms with Crippen molar-refractivity contribution in [3.05, 3.63) is 59.7 Å². The van der Waals surface area contributed by atoms with Gasteiger partial charge in [0.15, 0.2) is 11.3 Å². The van der Waals surface area contributed by atoms with Gasteiger partial charge in [-0.25, -0.2) is 14.3 Å². The van der Waals surface area contributed by atoms with Gasteiger partial charge in [-0.15, -0.1) is 0 Å². The Morgan fingerprint density at radius 3 is 2.56 bits per heavy atom. The number of rotatable bonds is 4. The zero-order valence-electron chi connectivity index (χ0n) is 15.3. The molecule has 1 aromatic carbocycles. The van der Waals surface area contributed by atoms with Gasteiger partial charge < -0.3 is 5.11 Å². The maximum Gasteiger partial charge on any atom is 0.354 e. The first-order valence-electron chi connectivity index (χ1n) is 8.73. The third-order valence-electron chi connectivity index (χ3n) is 4.71. The number of aromatic nitrogens is 5. The smallest absolute Gasteiger partial charge is 0.354 e. The minimum atomic E-state index is -1.05. The molecule has 0 saturated carbocycles. The lowest BCUT2D eigenvalue weighted by Gasteiger charge is -2.07. The van der Waals surface area contributed by atoms with Crippen LogP contribution in [-0.2, 0) is 6.54 Å². The van der Waals surface area contributed by atoms with E-state index in [1.165, 1.54) is 4.52 Å². The Hall–Kier alpha value is -3.48. The lowest BCUT2D eigenvalue weighted by Crippen LogP contribution is -2.08. The summed E-state index contributed by atoms with van der Waals surface area (Å²) in [6.45, 7) is 6.64. The molecule has 0 radical (unpaired) electrons. The average Bonchev–Trinajstić information content (AvgIpc) is 3.21. The summed E-state index contributed by atoms with van der Waals surface area (Å²) in [6, 6.07) is 11.3. The zero-order chi connectivity index (χ0) is 19.1. The number of benzene rings is 1. The summed E-state index contributed by atoms with van der Waals surface area (Å²) in [5, 5.41) is 18.5. The second-order valence-electron chi connectivity index (χ2n) is 6.35. The van der Waals surface area contributed by atoms with Gasteiger partial charge >= 0.3 is 5.97 Å². The summed E-state index contributed by atoms with van der Waals surface area (Å²) in [4.78, 5) is 16.6. The largest absolute Gasteiger partial charge is 0.477 e. The Balaban J connectivity index is 2.03. The van der Waals surface area contributed by atoms with Crippen LogP contribution in [0.25, 0.3) is 28.0 Å². The molecule has 0 aliphatic heterocycles. The van der Waals surface area contributed by atoms with E-state index in [0.29, 0.717) is 11.3 Å². The van der Waals surface area contributed by atoms with Gasteiger partial charge in [-0.3, -0.25) is 4.68 Å². The van der Waals surface area contributed by atoms with Crippen LogP contribution in [-0.4, -0.2) is 35.5 Å². The maximum atomic E-state index is 11.9. The van der Waals surface area contributed by atoms with E-state index in [4.69, 9.17) is 4.98 Å². The molecular formula is C20H19N5O2. The highest BCUT2D eigenvalue weighted by molar-refractivity contribution is 5.90. The van der Waals surface area contributed by atoms with E-state index in [9.17, 15) is 9.90 Å². The summed E-state index contributed by atoms with van der Waals surface area (Å²) in [7, 11) is 0. The predicted molar refractivity (Wildman–Crippen MR) is 102 cm³/mol. The highest BCUT2D eigenvalue weighted by Gasteiger charge is 2.21. The van der Waals surface area contributed by atoms with Gasteiger partial charge in [-0.1, -0.05) is 30.3 Å². The number of hydrogen-bond acceptors (Lipinski definition) is 4. The molecule has 0 saturated heterocycles. The molecule has 0 amide bonds. The van der Waals surface area contributed by atoms with Gasteiger partial charge in [0.05, 0.1) is 17.6 Å². The third kappa shape index (κ3) is 2.68. The molecule has 0 bridgehead atoms. The van der Waals surface area contributed by atoms with E-state index in [2.05, 4.69) is 10.2 Å². The lowest BCUT2D eigenvalue weighted by molar-refractivity contribution is 0.0687. The number of aryl methyl sites for hydroxylation is 2. The summed E-state index contributed by atoms with van der Waals surface area (Å²) in [5.74, 6) is -1.05. The summed E-state index contributed by atoms with van der Waals surface area (Å²) < 4.78 is 3.27. The first-order valence-corrected chi connectivity index (χ1v) is 8.73. The van der Waals surface area contributed by atoms with Crippen molar-refractivity contribution < 1.29 is 9.90 Å². The van der Waals surface area contributed by atoms with Gasteiger partial charge in [-0.2, -0.15) is 10.2 Å². The van der Waals surface area contributed by atoms with Crippen LogP contribution < -0.4 is 0 Å². The summed E-state index contributed by atoms with van der Waals surface area (Å²) >= 11 is 0. The van der Waals surface area contributed by atoms with Crippen molar-refractivity contribution >= 4 is 11.6 Å². The van der Waals surface area contributed by atoms with E-state index < -0.39 is 5.97 Å². The Bertz CT molecular complexity index is 1160. The third-order valence-corrected chi connectivity index (χ3v) is 4.71. The van der Waals surface area contributed by atoms with Crippen molar-refractivity contribution in [2.75, 3.05) is 0 Å². The summed E-state index contributed by atoms with van der Waals surface area (Å²) in [6.07, 6.45) is 1.66. The highest BCUT2D eigenvalue weighted by Crippen LogP contribution is 2.30. The molecule has 7 nitrogen and oxygen atoms in total. The van der Waals surface area contributed by atoms with Crippen LogP contribution >= 0.6 is 0 Å². The van der Waals surface area contributed by atoms with E-state index in [0.717, 1.165) is 34.6 Å². The number of carboxylic acids is 1. The number of fused-ring (bicyclic) bond motifs is 1. The van der Waals surface area contributed by atoms with E-state index >= 15 is 0 Å². The lowest BCUT2D eigenvalue weighted by atomic mass is 10.1. The molecule has 3 aromatic heterocycles. The number of carboxylic acid groups (broad SMARTS) is 1. The quantitative estimate of drug-likeness (QED) is 0.600. The Morgan fingerprint density at radius 1 is 1.19 bits per heavy atom. The molecule has 27 heavy (non-hydrogen) atoms. The van der Waals surface area contributed by atoms with Gasteiger partial charge in [0.1, 0.15) is 0 Å². The highest BCUT2D eigenvalue weighted by atomic mass is 16.4. The van der Waals surface area contributed by atoms with Crippen LogP contribution in [0.1, 0.15) is 28.8 Å². The second kappa shape index (κ2) is 6.35. The Morgan fingerprint density at radius 2 is 1.93 bits per heavy atom. The average molecular weight is 361 g/mol. The van der Waals surface area contributed by atoms with Crippen LogP contribution in [0.3, 0.4) is 0 Å². The molecule has 4 rings (SSSR count).